The third kappa shape index (κ3) is 0.673. The van der Waals surface area contributed by atoms with Crippen LogP contribution in [0.5, 0.6) is 0 Å². The van der Waals surface area contributed by atoms with E-state index < -0.39 is 0 Å². The van der Waals surface area contributed by atoms with Gasteiger partial charge in [0.2, 0.25) is 0 Å². The van der Waals surface area contributed by atoms with Gasteiger partial charge in [-0.2, -0.15) is 5.10 Å². The molecule has 10 heavy (non-hydrogen) atoms. The molecule has 0 saturated carbocycles. The Balaban J connectivity index is 0.000000605. The maximum Gasteiger partial charge on any atom is 0.125 e. The summed E-state index contributed by atoms with van der Waals surface area (Å²) in [5, 5.41) is 7.35. The van der Waals surface area contributed by atoms with Gasteiger partial charge in [0, 0.05) is 6.81 Å². The SMILES string of the molecule is Fc1ccc2cn[nH]c2c1.[HH]. The van der Waals surface area contributed by atoms with E-state index in [0.717, 1.165) is 10.9 Å². The van der Waals surface area contributed by atoms with Crippen LogP contribution < -0.4 is 0 Å². The van der Waals surface area contributed by atoms with Gasteiger partial charge < -0.3 is 0 Å². The normalized spacial score (nSPS) is 10.5. The first-order chi connectivity index (χ1) is 4.86. The van der Waals surface area contributed by atoms with E-state index in [4.69, 9.17) is 0 Å². The molecule has 52 valence electrons. The number of nitrogens with one attached hydrogen (secondary N) is 1. The Hall–Kier alpha value is -1.38. The third-order valence-corrected chi connectivity index (χ3v) is 1.40. The van der Waals surface area contributed by atoms with Crippen LogP contribution in [0.15, 0.2) is 24.4 Å². The van der Waals surface area contributed by atoms with Gasteiger partial charge in [0.1, 0.15) is 5.82 Å². The summed E-state index contributed by atoms with van der Waals surface area (Å²) in [4.78, 5) is 0. The van der Waals surface area contributed by atoms with Crippen molar-refractivity contribution in [3.8, 4) is 0 Å². The molecular formula is C7H7FN2. The molecule has 0 saturated heterocycles. The minimum atomic E-state index is -0.239. The maximum absolute atomic E-state index is 12.5. The molecule has 0 aliphatic carbocycles. The Morgan fingerprint density at radius 1 is 1.50 bits per heavy atom. The Kier molecular flexibility index (Phi) is 0.974. The highest BCUT2D eigenvalue weighted by Gasteiger charge is 1.94. The van der Waals surface area contributed by atoms with Crippen molar-refractivity contribution in [1.29, 1.82) is 0 Å². The minimum absolute atomic E-state index is 0. The molecule has 3 heteroatoms. The van der Waals surface area contributed by atoms with Crippen molar-refractivity contribution in [3.63, 3.8) is 0 Å². The molecule has 2 nitrogen and oxygen atoms in total. The maximum atomic E-state index is 12.5. The highest BCUT2D eigenvalue weighted by Crippen LogP contribution is 2.10. The van der Waals surface area contributed by atoms with Crippen LogP contribution in [0.4, 0.5) is 4.39 Å². The summed E-state index contributed by atoms with van der Waals surface area (Å²) in [6, 6.07) is 4.52. The van der Waals surface area contributed by atoms with Gasteiger partial charge in [-0.1, -0.05) is 0 Å². The summed E-state index contributed by atoms with van der Waals surface area (Å²) in [5.41, 5.74) is 0.736. The summed E-state index contributed by atoms with van der Waals surface area (Å²) in [5.74, 6) is -0.239. The number of aromatic amines is 1. The van der Waals surface area contributed by atoms with Crippen LogP contribution in [0, 0.1) is 5.82 Å². The molecule has 1 N–H and O–H groups in total. The number of nitrogens with zero attached hydrogens (tertiary/aromatic N) is 1. The van der Waals surface area contributed by atoms with Crippen molar-refractivity contribution in [2.24, 2.45) is 0 Å². The van der Waals surface area contributed by atoms with Gasteiger partial charge in [-0.3, -0.25) is 5.10 Å². The molecule has 1 aromatic carbocycles. The molecule has 0 aliphatic heterocycles. The number of H-pyrrole nitrogens is 1. The van der Waals surface area contributed by atoms with Gasteiger partial charge in [0.15, 0.2) is 0 Å². The number of aromatic nitrogens is 2. The first kappa shape index (κ1) is 5.41. The number of rotatable bonds is 0. The van der Waals surface area contributed by atoms with Gasteiger partial charge in [-0.05, 0) is 18.2 Å². The van der Waals surface area contributed by atoms with E-state index >= 15 is 0 Å². The van der Waals surface area contributed by atoms with Gasteiger partial charge in [0.05, 0.1) is 11.7 Å². The largest absolute Gasteiger partial charge is 0.278 e. The van der Waals surface area contributed by atoms with Gasteiger partial charge >= 0.3 is 0 Å². The van der Waals surface area contributed by atoms with Crippen molar-refractivity contribution in [2.45, 2.75) is 0 Å². The monoisotopic (exact) mass is 138 g/mol. The summed E-state index contributed by atoms with van der Waals surface area (Å²) in [6.45, 7) is 0. The molecule has 2 aromatic rings. The second-order valence-corrected chi connectivity index (χ2v) is 2.10. The molecule has 2 rings (SSSR count). The quantitative estimate of drug-likeness (QED) is 0.592. The lowest BCUT2D eigenvalue weighted by molar-refractivity contribution is 0.629. The van der Waals surface area contributed by atoms with Crippen molar-refractivity contribution < 1.29 is 5.82 Å². The number of fused-ring (bicyclic) bond motifs is 1. The van der Waals surface area contributed by atoms with Crippen molar-refractivity contribution in [3.05, 3.63) is 30.2 Å². The topological polar surface area (TPSA) is 28.7 Å². The van der Waals surface area contributed by atoms with Crippen LogP contribution >= 0.6 is 0 Å². The van der Waals surface area contributed by atoms with Crippen LogP contribution in [0.3, 0.4) is 0 Å². The van der Waals surface area contributed by atoms with E-state index in [1.807, 2.05) is 0 Å². The van der Waals surface area contributed by atoms with E-state index in [1.54, 1.807) is 12.3 Å². The Labute approximate surface area is 58.2 Å². The highest BCUT2D eigenvalue weighted by atomic mass is 19.1. The van der Waals surface area contributed by atoms with Gasteiger partial charge in [0.25, 0.3) is 0 Å². The van der Waals surface area contributed by atoms with E-state index in [1.165, 1.54) is 12.1 Å². The smallest absolute Gasteiger partial charge is 0.125 e. The Morgan fingerprint density at radius 3 is 3.30 bits per heavy atom. The number of benzene rings is 1. The average molecular weight is 138 g/mol. The first-order valence-electron chi connectivity index (χ1n) is 2.95. The van der Waals surface area contributed by atoms with Crippen molar-refractivity contribution in [1.82, 2.24) is 10.2 Å². The van der Waals surface area contributed by atoms with E-state index in [-0.39, 0.29) is 7.24 Å². The number of hydrogen-bond donors (Lipinski definition) is 1. The molecule has 0 bridgehead atoms. The van der Waals surface area contributed by atoms with Gasteiger partial charge in [-0.25, -0.2) is 4.39 Å². The fourth-order valence-electron chi connectivity index (χ4n) is 0.909. The van der Waals surface area contributed by atoms with Crippen LogP contribution in [0.2, 0.25) is 0 Å². The molecule has 1 heterocycles. The number of halogens is 1. The van der Waals surface area contributed by atoms with Crippen LogP contribution in [0.25, 0.3) is 10.9 Å². The highest BCUT2D eigenvalue weighted by molar-refractivity contribution is 5.77. The molecule has 0 amide bonds. The molecule has 0 radical (unpaired) electrons. The van der Waals surface area contributed by atoms with Crippen LogP contribution in [0.1, 0.15) is 1.43 Å². The zero-order chi connectivity index (χ0) is 6.97. The third-order valence-electron chi connectivity index (χ3n) is 1.40. The van der Waals surface area contributed by atoms with E-state index in [2.05, 4.69) is 10.2 Å². The molecule has 0 atom stereocenters. The molecule has 0 spiro atoms. The van der Waals surface area contributed by atoms with Crippen molar-refractivity contribution in [2.75, 3.05) is 0 Å². The van der Waals surface area contributed by atoms with Gasteiger partial charge in [-0.15, -0.1) is 0 Å². The first-order valence-corrected chi connectivity index (χ1v) is 2.95. The van der Waals surface area contributed by atoms with E-state index in [0.29, 0.717) is 0 Å². The lowest BCUT2D eigenvalue weighted by Gasteiger charge is -1.86. The molecular weight excluding hydrogens is 131 g/mol. The molecule has 0 aliphatic rings. The van der Waals surface area contributed by atoms with Crippen molar-refractivity contribution >= 4 is 10.9 Å². The average Bonchev–Trinajstić information content (AvgIpc) is 2.33. The minimum Gasteiger partial charge on any atom is -0.278 e. The lowest BCUT2D eigenvalue weighted by atomic mass is 10.2. The molecule has 1 aromatic heterocycles. The predicted octanol–water partition coefficient (Wildman–Crippen LogP) is 1.95. The molecule has 0 fully saturated rings. The second kappa shape index (κ2) is 1.80. The fraction of sp³-hybridized carbons (Fsp3) is 0. The Bertz CT molecular complexity index is 358. The Morgan fingerprint density at radius 2 is 2.40 bits per heavy atom. The zero-order valence-electron chi connectivity index (χ0n) is 5.13. The summed E-state index contributed by atoms with van der Waals surface area (Å²) >= 11 is 0. The summed E-state index contributed by atoms with van der Waals surface area (Å²) in [6.07, 6.45) is 1.66. The summed E-state index contributed by atoms with van der Waals surface area (Å²) in [7, 11) is 0. The summed E-state index contributed by atoms with van der Waals surface area (Å²) < 4.78 is 12.5. The van der Waals surface area contributed by atoms with Crippen LogP contribution in [-0.2, 0) is 0 Å². The van der Waals surface area contributed by atoms with E-state index in [9.17, 15) is 4.39 Å². The predicted molar refractivity (Wildman–Crippen MR) is 38.2 cm³/mol. The van der Waals surface area contributed by atoms with Crippen LogP contribution in [-0.4, -0.2) is 10.2 Å². The standard InChI is InChI=1S/C7H5FN2.H2/c8-6-2-1-5-4-9-10-7(5)3-6;/h1-4H,(H,9,10);1H. The number of hydrogen-bond acceptors (Lipinski definition) is 1. The molecule has 0 unspecified atom stereocenters. The lowest BCUT2D eigenvalue weighted by Crippen LogP contribution is -1.71. The zero-order valence-corrected chi connectivity index (χ0v) is 5.13. The second-order valence-electron chi connectivity index (χ2n) is 2.10. The fourth-order valence-corrected chi connectivity index (χ4v) is 0.909.